The summed E-state index contributed by atoms with van der Waals surface area (Å²) in [6.07, 6.45) is 10.6. The maximum absolute atomic E-state index is 12.7. The summed E-state index contributed by atoms with van der Waals surface area (Å²) in [6, 6.07) is 19.4. The van der Waals surface area contributed by atoms with E-state index in [1.54, 1.807) is 24.4 Å². The summed E-state index contributed by atoms with van der Waals surface area (Å²) in [5.74, 6) is 0.847. The number of carbonyl (C=O) groups excluding carboxylic acids is 1. The summed E-state index contributed by atoms with van der Waals surface area (Å²) in [5.41, 5.74) is 4.43. The van der Waals surface area contributed by atoms with Gasteiger partial charge in [0.05, 0.1) is 17.2 Å². The Morgan fingerprint density at radius 3 is 2.41 bits per heavy atom. The van der Waals surface area contributed by atoms with Gasteiger partial charge in [-0.2, -0.15) is 0 Å². The van der Waals surface area contributed by atoms with Crippen LogP contribution < -0.4 is 4.74 Å². The molecule has 216 valence electrons. The molecule has 0 unspecified atom stereocenters. The van der Waals surface area contributed by atoms with E-state index in [0.717, 1.165) is 73.8 Å². The first-order chi connectivity index (χ1) is 19.9. The lowest BCUT2D eigenvalue weighted by molar-refractivity contribution is -0.0216. The Kier molecular flexibility index (Phi) is 8.02. The molecule has 1 spiro atoms. The zero-order valence-electron chi connectivity index (χ0n) is 23.5. The van der Waals surface area contributed by atoms with Crippen molar-refractivity contribution in [1.29, 1.82) is 0 Å². The van der Waals surface area contributed by atoms with Crippen LogP contribution in [-0.4, -0.2) is 49.2 Å². The minimum Gasteiger partial charge on any atom is -0.487 e. The quantitative estimate of drug-likeness (QED) is 0.334. The lowest BCUT2D eigenvalue weighted by Crippen LogP contribution is -2.51. The third kappa shape index (κ3) is 6.75. The van der Waals surface area contributed by atoms with Crippen molar-refractivity contribution in [3.8, 4) is 16.9 Å². The Morgan fingerprint density at radius 1 is 0.927 bits per heavy atom. The minimum absolute atomic E-state index is 0.0142. The largest absolute Gasteiger partial charge is 0.487 e. The van der Waals surface area contributed by atoms with Crippen molar-refractivity contribution in [1.82, 2.24) is 9.88 Å². The first kappa shape index (κ1) is 27.8. The number of fused-ring (bicyclic) bond motifs is 1. The number of nitrogens with zero attached hydrogens (tertiary/aromatic N) is 2. The van der Waals surface area contributed by atoms with E-state index in [1.165, 1.54) is 12.0 Å². The average Bonchev–Trinajstić information content (AvgIpc) is 2.98. The van der Waals surface area contributed by atoms with E-state index in [2.05, 4.69) is 23.2 Å². The van der Waals surface area contributed by atoms with Gasteiger partial charge >= 0.3 is 6.09 Å². The second-order valence-corrected chi connectivity index (χ2v) is 13.9. The zero-order valence-corrected chi connectivity index (χ0v) is 24.3. The molecule has 7 nitrogen and oxygen atoms in total. The lowest BCUT2D eigenvalue weighted by Gasteiger charge is -2.44. The molecule has 1 aliphatic carbocycles. The summed E-state index contributed by atoms with van der Waals surface area (Å²) >= 11 is 0. The average molecular weight is 575 g/mol. The van der Waals surface area contributed by atoms with Crippen molar-refractivity contribution in [3.63, 3.8) is 0 Å². The van der Waals surface area contributed by atoms with Crippen molar-refractivity contribution in [2.24, 2.45) is 0 Å². The molecule has 2 aliphatic heterocycles. The van der Waals surface area contributed by atoms with Gasteiger partial charge in [-0.25, -0.2) is 13.2 Å². The summed E-state index contributed by atoms with van der Waals surface area (Å²) in [5, 5.41) is 0. The lowest BCUT2D eigenvalue weighted by atomic mass is 9.82. The molecule has 3 aliphatic rings. The van der Waals surface area contributed by atoms with Gasteiger partial charge in [0, 0.05) is 32.1 Å². The molecule has 0 atom stereocenters. The molecule has 1 amide bonds. The highest BCUT2D eigenvalue weighted by atomic mass is 32.2. The van der Waals surface area contributed by atoms with Crippen molar-refractivity contribution in [3.05, 3.63) is 83.7 Å². The third-order valence-electron chi connectivity index (χ3n) is 8.76. The molecule has 0 bridgehead atoms. The van der Waals surface area contributed by atoms with E-state index in [-0.39, 0.29) is 29.3 Å². The van der Waals surface area contributed by atoms with Crippen molar-refractivity contribution < 1.29 is 22.7 Å². The van der Waals surface area contributed by atoms with Crippen LogP contribution in [0.3, 0.4) is 0 Å². The Balaban J connectivity index is 1.05. The van der Waals surface area contributed by atoms with Gasteiger partial charge in [-0.05, 0) is 85.0 Å². The number of likely N-dealkylation sites (tertiary alicyclic amines) is 1. The molecule has 2 fully saturated rings. The molecule has 1 saturated heterocycles. The second kappa shape index (κ2) is 11.8. The fourth-order valence-corrected chi connectivity index (χ4v) is 7.78. The van der Waals surface area contributed by atoms with Crippen LogP contribution in [0.15, 0.2) is 66.9 Å². The van der Waals surface area contributed by atoms with E-state index in [4.69, 9.17) is 9.47 Å². The highest BCUT2D eigenvalue weighted by Crippen LogP contribution is 2.41. The van der Waals surface area contributed by atoms with Gasteiger partial charge in [-0.3, -0.25) is 4.98 Å². The number of hydrogen-bond donors (Lipinski definition) is 0. The van der Waals surface area contributed by atoms with Crippen molar-refractivity contribution in [2.45, 2.75) is 81.0 Å². The molecule has 41 heavy (non-hydrogen) atoms. The Morgan fingerprint density at radius 2 is 1.68 bits per heavy atom. The van der Waals surface area contributed by atoms with Gasteiger partial charge in [0.15, 0.2) is 9.84 Å². The number of carbonyl (C=O) groups is 1. The van der Waals surface area contributed by atoms with E-state index in [0.29, 0.717) is 18.8 Å². The molecule has 1 saturated carbocycles. The number of rotatable bonds is 6. The number of sulfone groups is 1. The fourth-order valence-electron chi connectivity index (χ4n) is 6.36. The molecular formula is C33H38N2O5S. The maximum atomic E-state index is 12.7. The van der Waals surface area contributed by atoms with Crippen LogP contribution in [0.5, 0.6) is 5.75 Å². The highest BCUT2D eigenvalue weighted by Gasteiger charge is 2.41. The smallest absolute Gasteiger partial charge is 0.410 e. The van der Waals surface area contributed by atoms with E-state index < -0.39 is 9.84 Å². The first-order valence-electron chi connectivity index (χ1n) is 14.8. The third-order valence-corrected chi connectivity index (χ3v) is 10.3. The first-order valence-corrected chi connectivity index (χ1v) is 16.7. The molecular weight excluding hydrogens is 536 g/mol. The minimum atomic E-state index is -3.31. The van der Waals surface area contributed by atoms with Crippen LogP contribution in [-0.2, 0) is 32.5 Å². The maximum Gasteiger partial charge on any atom is 0.410 e. The van der Waals surface area contributed by atoms with E-state index >= 15 is 0 Å². The number of aromatic nitrogens is 1. The van der Waals surface area contributed by atoms with Crippen LogP contribution >= 0.6 is 0 Å². The molecule has 1 aromatic heterocycles. The zero-order chi connectivity index (χ0) is 28.3. The molecule has 6 rings (SSSR count). The molecule has 8 heteroatoms. The van der Waals surface area contributed by atoms with Gasteiger partial charge in [-0.15, -0.1) is 0 Å². The molecule has 2 aromatic carbocycles. The monoisotopic (exact) mass is 574 g/mol. The number of amides is 1. The van der Waals surface area contributed by atoms with Gasteiger partial charge in [-0.1, -0.05) is 42.8 Å². The van der Waals surface area contributed by atoms with Gasteiger partial charge < -0.3 is 14.4 Å². The summed E-state index contributed by atoms with van der Waals surface area (Å²) < 4.78 is 37.7. The predicted molar refractivity (Wildman–Crippen MR) is 158 cm³/mol. The van der Waals surface area contributed by atoms with Crippen molar-refractivity contribution in [2.75, 3.05) is 13.1 Å². The second-order valence-electron chi connectivity index (χ2n) is 11.8. The number of ether oxygens (including phenoxy) is 2. The fraction of sp³-hybridized carbons (Fsp3) is 0.455. The van der Waals surface area contributed by atoms with Crippen LogP contribution in [0.4, 0.5) is 4.79 Å². The van der Waals surface area contributed by atoms with Crippen molar-refractivity contribution >= 4 is 15.9 Å². The highest BCUT2D eigenvalue weighted by molar-refractivity contribution is 7.89. The van der Waals surface area contributed by atoms with Gasteiger partial charge in [0.1, 0.15) is 17.5 Å². The van der Waals surface area contributed by atoms with Crippen LogP contribution in [0, 0.1) is 0 Å². The molecule has 0 radical (unpaired) electrons. The number of aryl methyl sites for hydroxylation is 1. The Bertz CT molecular complexity index is 1460. The van der Waals surface area contributed by atoms with Crippen LogP contribution in [0.25, 0.3) is 11.1 Å². The molecule has 3 heterocycles. The number of pyridine rings is 1. The van der Waals surface area contributed by atoms with E-state index in [1.807, 2.05) is 29.2 Å². The molecule has 3 aromatic rings. The standard InChI is InChI=1S/C33H38N2O5S/c36-32(39-30-7-2-1-3-8-30)35-20-17-33(18-21-35)16-15-28-22-27(13-14-31(28)40-33)26-11-9-25(10-12-26)23-41(37,38)24-29-6-4-5-19-34-29/h4-6,9-14,19,22,30H,1-3,7-8,15-18,20-21,23-24H2. The van der Waals surface area contributed by atoms with Crippen LogP contribution in [0.1, 0.15) is 68.2 Å². The number of hydrogen-bond acceptors (Lipinski definition) is 6. The van der Waals surface area contributed by atoms with Gasteiger partial charge in [0.2, 0.25) is 0 Å². The van der Waals surface area contributed by atoms with E-state index in [9.17, 15) is 13.2 Å². The Labute approximate surface area is 242 Å². The Hall–Kier alpha value is -3.39. The topological polar surface area (TPSA) is 85.8 Å². The van der Waals surface area contributed by atoms with Crippen LogP contribution in [0.2, 0.25) is 0 Å². The SMILES string of the molecule is O=C(OC1CCCCC1)N1CCC2(CCc3cc(-c4ccc(CS(=O)(=O)Cc5ccccn5)cc4)ccc3O2)CC1. The summed E-state index contributed by atoms with van der Waals surface area (Å²) in [6.45, 7) is 1.34. The summed E-state index contributed by atoms with van der Waals surface area (Å²) in [7, 11) is -3.31. The number of benzene rings is 2. The van der Waals surface area contributed by atoms with Gasteiger partial charge in [0.25, 0.3) is 0 Å². The number of piperidine rings is 1. The normalized spacial score (nSPS) is 18.9. The predicted octanol–water partition coefficient (Wildman–Crippen LogP) is 6.49. The summed E-state index contributed by atoms with van der Waals surface area (Å²) in [4.78, 5) is 18.7. The molecule has 0 N–H and O–H groups in total.